The van der Waals surface area contributed by atoms with Crippen molar-refractivity contribution in [3.05, 3.63) is 68.8 Å². The average molecular weight is 424 g/mol. The van der Waals surface area contributed by atoms with Crippen LogP contribution >= 0.6 is 34.8 Å². The minimum Gasteiger partial charge on any atom is -0.454 e. The van der Waals surface area contributed by atoms with E-state index in [9.17, 15) is 0 Å². The van der Waals surface area contributed by atoms with Gasteiger partial charge < -0.3 is 10.1 Å². The summed E-state index contributed by atoms with van der Waals surface area (Å²) in [6.07, 6.45) is 2.31. The minimum absolute atomic E-state index is 0.323. The summed E-state index contributed by atoms with van der Waals surface area (Å²) in [5.74, 6) is 2.48. The highest BCUT2D eigenvalue weighted by Gasteiger charge is 2.08. The molecule has 0 saturated heterocycles. The van der Waals surface area contributed by atoms with Gasteiger partial charge in [0.25, 0.3) is 0 Å². The third kappa shape index (κ3) is 5.22. The number of benzene rings is 1. The average Bonchev–Trinajstić information content (AvgIpc) is 2.63. The van der Waals surface area contributed by atoms with Gasteiger partial charge in [0.15, 0.2) is 5.75 Å². The zero-order valence-electron chi connectivity index (χ0n) is 14.8. The number of anilines is 1. The first-order chi connectivity index (χ1) is 12.9. The van der Waals surface area contributed by atoms with Crippen molar-refractivity contribution < 1.29 is 4.74 Å². The Morgan fingerprint density at radius 3 is 2.48 bits per heavy atom. The van der Waals surface area contributed by atoms with Crippen molar-refractivity contribution in [1.29, 1.82) is 0 Å². The molecule has 0 bridgehead atoms. The van der Waals surface area contributed by atoms with Crippen LogP contribution in [0.15, 0.2) is 36.5 Å². The molecular weight excluding hydrogens is 407 g/mol. The molecule has 27 heavy (non-hydrogen) atoms. The molecule has 0 aliphatic rings. The minimum atomic E-state index is 0.323. The second kappa shape index (κ2) is 8.74. The second-order valence-corrected chi connectivity index (χ2v) is 7.05. The molecule has 5 nitrogen and oxygen atoms in total. The van der Waals surface area contributed by atoms with Crippen LogP contribution in [0.2, 0.25) is 15.2 Å². The highest BCUT2D eigenvalue weighted by Crippen LogP contribution is 2.30. The Balaban J connectivity index is 1.58. The first kappa shape index (κ1) is 19.7. The van der Waals surface area contributed by atoms with Crippen LogP contribution in [-0.4, -0.2) is 21.5 Å². The summed E-state index contributed by atoms with van der Waals surface area (Å²) < 4.78 is 5.73. The summed E-state index contributed by atoms with van der Waals surface area (Å²) in [5, 5.41) is 4.55. The third-order valence-corrected chi connectivity index (χ3v) is 4.73. The second-order valence-electron chi connectivity index (χ2n) is 5.88. The van der Waals surface area contributed by atoms with Crippen molar-refractivity contribution in [2.45, 2.75) is 20.3 Å². The van der Waals surface area contributed by atoms with E-state index in [1.807, 2.05) is 38.1 Å². The van der Waals surface area contributed by atoms with Crippen LogP contribution in [0.4, 0.5) is 5.82 Å². The zero-order chi connectivity index (χ0) is 19.4. The molecule has 2 heterocycles. The van der Waals surface area contributed by atoms with Crippen LogP contribution in [0.5, 0.6) is 11.5 Å². The van der Waals surface area contributed by atoms with E-state index in [4.69, 9.17) is 39.5 Å². The molecule has 0 amide bonds. The quantitative estimate of drug-likeness (QED) is 0.500. The number of halogens is 3. The van der Waals surface area contributed by atoms with E-state index in [0.29, 0.717) is 44.9 Å². The van der Waals surface area contributed by atoms with Crippen molar-refractivity contribution in [1.82, 2.24) is 15.0 Å². The molecule has 2 aromatic heterocycles. The summed E-state index contributed by atoms with van der Waals surface area (Å²) in [6.45, 7) is 4.40. The molecule has 0 radical (unpaired) electrons. The number of hydrogen-bond donors (Lipinski definition) is 1. The summed E-state index contributed by atoms with van der Waals surface area (Å²) >= 11 is 18.1. The van der Waals surface area contributed by atoms with Gasteiger partial charge in [-0.15, -0.1) is 0 Å². The predicted octanol–water partition coefficient (Wildman–Crippen LogP) is 5.90. The van der Waals surface area contributed by atoms with Crippen molar-refractivity contribution in [2.75, 3.05) is 11.9 Å². The summed E-state index contributed by atoms with van der Waals surface area (Å²) in [4.78, 5) is 12.5. The molecule has 3 aromatic rings. The molecule has 0 saturated carbocycles. The van der Waals surface area contributed by atoms with E-state index >= 15 is 0 Å². The first-order valence-electron chi connectivity index (χ1n) is 8.25. The number of hydrogen-bond acceptors (Lipinski definition) is 5. The Kier molecular flexibility index (Phi) is 6.37. The number of ether oxygens (including phenoxy) is 1. The number of aromatic nitrogens is 3. The van der Waals surface area contributed by atoms with Crippen LogP contribution in [0, 0.1) is 13.8 Å². The first-order valence-corrected chi connectivity index (χ1v) is 9.38. The highest BCUT2D eigenvalue weighted by molar-refractivity contribution is 6.35. The Morgan fingerprint density at radius 2 is 1.78 bits per heavy atom. The molecule has 0 aliphatic carbocycles. The van der Waals surface area contributed by atoms with E-state index in [2.05, 4.69) is 20.3 Å². The summed E-state index contributed by atoms with van der Waals surface area (Å²) in [5.41, 5.74) is 1.91. The fourth-order valence-corrected chi connectivity index (χ4v) is 3.02. The maximum absolute atomic E-state index is 6.24. The fourth-order valence-electron chi connectivity index (χ4n) is 2.46. The summed E-state index contributed by atoms with van der Waals surface area (Å²) in [7, 11) is 0. The molecule has 1 N–H and O–H groups in total. The van der Waals surface area contributed by atoms with E-state index < -0.39 is 0 Å². The van der Waals surface area contributed by atoms with Gasteiger partial charge in [-0.05, 0) is 44.0 Å². The number of nitrogens with one attached hydrogen (secondary N) is 1. The van der Waals surface area contributed by atoms with E-state index in [1.54, 1.807) is 6.07 Å². The Morgan fingerprint density at radius 1 is 1.04 bits per heavy atom. The van der Waals surface area contributed by atoms with Gasteiger partial charge in [-0.25, -0.2) is 15.0 Å². The molecule has 1 aromatic carbocycles. The van der Waals surface area contributed by atoms with Gasteiger partial charge in [0, 0.05) is 6.54 Å². The lowest BCUT2D eigenvalue weighted by molar-refractivity contribution is 0.480. The van der Waals surface area contributed by atoms with Crippen molar-refractivity contribution in [3.63, 3.8) is 0 Å². The normalized spacial score (nSPS) is 10.7. The lowest BCUT2D eigenvalue weighted by Crippen LogP contribution is -2.09. The van der Waals surface area contributed by atoms with Crippen LogP contribution in [0.25, 0.3) is 0 Å². The van der Waals surface area contributed by atoms with Crippen molar-refractivity contribution in [2.24, 2.45) is 0 Å². The summed E-state index contributed by atoms with van der Waals surface area (Å²) in [6, 6.07) is 9.29. The topological polar surface area (TPSA) is 59.9 Å². The third-order valence-electron chi connectivity index (χ3n) is 3.77. The molecule has 0 unspecified atom stereocenters. The van der Waals surface area contributed by atoms with E-state index in [1.165, 1.54) is 6.20 Å². The van der Waals surface area contributed by atoms with Gasteiger partial charge in [-0.3, -0.25) is 0 Å². The zero-order valence-corrected chi connectivity index (χ0v) is 17.0. The molecule has 3 rings (SSSR count). The van der Waals surface area contributed by atoms with Gasteiger partial charge in [0.05, 0.1) is 16.9 Å². The van der Waals surface area contributed by atoms with Crippen molar-refractivity contribution >= 4 is 40.6 Å². The fraction of sp³-hybridized carbons (Fsp3) is 0.211. The monoisotopic (exact) mass is 422 g/mol. The number of pyridine rings is 1. The van der Waals surface area contributed by atoms with E-state index in [0.717, 1.165) is 17.7 Å². The van der Waals surface area contributed by atoms with Gasteiger partial charge in [-0.2, -0.15) is 0 Å². The van der Waals surface area contributed by atoms with Gasteiger partial charge >= 0.3 is 0 Å². The SMILES string of the molecule is Cc1nc(C)c(Cl)c(NCCc2ccc(Oc3cnc(Cl)cc3Cl)cc2)n1. The van der Waals surface area contributed by atoms with E-state index in [-0.39, 0.29) is 0 Å². The molecule has 8 heteroatoms. The Hall–Kier alpha value is -2.08. The standard InChI is InChI=1S/C19H17Cl3N4O/c1-11-18(22)19(26-12(2)25-11)23-8-7-13-3-5-14(6-4-13)27-16-10-24-17(21)9-15(16)20/h3-6,9-10H,7-8H2,1-2H3,(H,23,25,26). The molecule has 0 fully saturated rings. The predicted molar refractivity (Wildman–Crippen MR) is 109 cm³/mol. The maximum atomic E-state index is 6.24. The van der Waals surface area contributed by atoms with Crippen molar-refractivity contribution in [3.8, 4) is 11.5 Å². The Labute approximate surface area is 172 Å². The smallest absolute Gasteiger partial charge is 0.164 e. The van der Waals surface area contributed by atoms with Gasteiger partial charge in [0.2, 0.25) is 0 Å². The van der Waals surface area contributed by atoms with Crippen LogP contribution in [-0.2, 0) is 6.42 Å². The van der Waals surface area contributed by atoms with Gasteiger partial charge in [-0.1, -0.05) is 46.9 Å². The molecule has 140 valence electrons. The Bertz CT molecular complexity index is 948. The highest BCUT2D eigenvalue weighted by atomic mass is 35.5. The lowest BCUT2D eigenvalue weighted by atomic mass is 10.1. The molecule has 0 atom stereocenters. The van der Waals surface area contributed by atoms with Crippen LogP contribution < -0.4 is 10.1 Å². The number of rotatable bonds is 6. The van der Waals surface area contributed by atoms with Crippen LogP contribution in [0.3, 0.4) is 0 Å². The van der Waals surface area contributed by atoms with Gasteiger partial charge in [0.1, 0.15) is 27.6 Å². The molecule has 0 aliphatic heterocycles. The molecule has 0 spiro atoms. The largest absolute Gasteiger partial charge is 0.454 e. The molecular formula is C19H17Cl3N4O. The maximum Gasteiger partial charge on any atom is 0.164 e. The number of nitrogens with zero attached hydrogens (tertiary/aromatic N) is 3. The van der Waals surface area contributed by atoms with Crippen LogP contribution in [0.1, 0.15) is 17.1 Å². The lowest BCUT2D eigenvalue weighted by Gasteiger charge is -2.10. The number of aryl methyl sites for hydroxylation is 2.